The SMILES string of the molecule is CNC(=O)CN1CCC(NC(=O)c2sc(N)nc2C)CC1. The maximum Gasteiger partial charge on any atom is 0.263 e. The van der Waals surface area contributed by atoms with E-state index in [0.29, 0.717) is 22.2 Å². The Morgan fingerprint density at radius 3 is 2.62 bits per heavy atom. The van der Waals surface area contributed by atoms with Crippen LogP contribution in [0.1, 0.15) is 28.2 Å². The normalized spacial score (nSPS) is 16.7. The molecule has 0 aliphatic carbocycles. The van der Waals surface area contributed by atoms with Gasteiger partial charge in [0.15, 0.2) is 5.13 Å². The lowest BCUT2D eigenvalue weighted by Crippen LogP contribution is -2.47. The molecule has 0 atom stereocenters. The van der Waals surface area contributed by atoms with Gasteiger partial charge in [-0.3, -0.25) is 14.5 Å². The molecule has 1 fully saturated rings. The Balaban J connectivity index is 1.82. The Labute approximate surface area is 127 Å². The van der Waals surface area contributed by atoms with Gasteiger partial charge >= 0.3 is 0 Å². The lowest BCUT2D eigenvalue weighted by molar-refractivity contribution is -0.122. The summed E-state index contributed by atoms with van der Waals surface area (Å²) in [5, 5.41) is 6.06. The summed E-state index contributed by atoms with van der Waals surface area (Å²) in [4.78, 5) is 30.2. The highest BCUT2D eigenvalue weighted by molar-refractivity contribution is 7.17. The molecule has 0 aromatic carbocycles. The second kappa shape index (κ2) is 6.86. The van der Waals surface area contributed by atoms with Crippen LogP contribution in [0.5, 0.6) is 0 Å². The molecule has 116 valence electrons. The van der Waals surface area contributed by atoms with Gasteiger partial charge in [0.25, 0.3) is 5.91 Å². The van der Waals surface area contributed by atoms with Crippen LogP contribution in [0.15, 0.2) is 0 Å². The fourth-order valence-corrected chi connectivity index (χ4v) is 3.13. The zero-order chi connectivity index (χ0) is 15.4. The fraction of sp³-hybridized carbons (Fsp3) is 0.615. The number of piperidine rings is 1. The molecule has 1 aromatic rings. The summed E-state index contributed by atoms with van der Waals surface area (Å²) in [5.74, 6) is -0.0836. The number of nitrogen functional groups attached to an aromatic ring is 1. The number of carbonyl (C=O) groups excluding carboxylic acids is 2. The summed E-state index contributed by atoms with van der Waals surface area (Å²) in [5.41, 5.74) is 6.28. The van der Waals surface area contributed by atoms with Gasteiger partial charge in [-0.25, -0.2) is 4.98 Å². The molecule has 0 bridgehead atoms. The van der Waals surface area contributed by atoms with Crippen LogP contribution in [-0.2, 0) is 4.79 Å². The van der Waals surface area contributed by atoms with E-state index in [0.717, 1.165) is 25.9 Å². The molecule has 0 radical (unpaired) electrons. The van der Waals surface area contributed by atoms with Crippen LogP contribution in [0.4, 0.5) is 5.13 Å². The number of nitrogens with two attached hydrogens (primary N) is 1. The van der Waals surface area contributed by atoms with E-state index >= 15 is 0 Å². The lowest BCUT2D eigenvalue weighted by Gasteiger charge is -2.31. The number of aryl methyl sites for hydroxylation is 1. The van der Waals surface area contributed by atoms with Crippen molar-refractivity contribution in [3.05, 3.63) is 10.6 Å². The maximum atomic E-state index is 12.2. The minimum absolute atomic E-state index is 0.0215. The van der Waals surface area contributed by atoms with E-state index in [1.807, 2.05) is 0 Å². The van der Waals surface area contributed by atoms with Crippen molar-refractivity contribution in [3.63, 3.8) is 0 Å². The molecule has 2 heterocycles. The van der Waals surface area contributed by atoms with Gasteiger partial charge in [-0.15, -0.1) is 0 Å². The summed E-state index contributed by atoms with van der Waals surface area (Å²) < 4.78 is 0. The number of nitrogens with zero attached hydrogens (tertiary/aromatic N) is 2. The highest BCUT2D eigenvalue weighted by Gasteiger charge is 2.23. The van der Waals surface area contributed by atoms with E-state index in [2.05, 4.69) is 20.5 Å². The fourth-order valence-electron chi connectivity index (χ4n) is 2.40. The van der Waals surface area contributed by atoms with Gasteiger partial charge in [0, 0.05) is 26.2 Å². The number of anilines is 1. The Morgan fingerprint density at radius 1 is 1.43 bits per heavy atom. The van der Waals surface area contributed by atoms with Crippen molar-refractivity contribution in [3.8, 4) is 0 Å². The number of likely N-dealkylation sites (N-methyl/N-ethyl adjacent to an activating group) is 1. The molecule has 0 spiro atoms. The van der Waals surface area contributed by atoms with Crippen molar-refractivity contribution >= 4 is 28.3 Å². The van der Waals surface area contributed by atoms with Gasteiger partial charge < -0.3 is 16.4 Å². The molecule has 1 aliphatic rings. The number of aromatic nitrogens is 1. The van der Waals surface area contributed by atoms with E-state index in [9.17, 15) is 9.59 Å². The van der Waals surface area contributed by atoms with Crippen molar-refractivity contribution < 1.29 is 9.59 Å². The molecular formula is C13H21N5O2S. The zero-order valence-corrected chi connectivity index (χ0v) is 13.1. The topological polar surface area (TPSA) is 100 Å². The van der Waals surface area contributed by atoms with Crippen LogP contribution in [-0.4, -0.2) is 54.4 Å². The van der Waals surface area contributed by atoms with Gasteiger partial charge in [-0.2, -0.15) is 0 Å². The maximum absolute atomic E-state index is 12.2. The molecule has 1 saturated heterocycles. The molecular weight excluding hydrogens is 290 g/mol. The average Bonchev–Trinajstić information content (AvgIpc) is 2.80. The standard InChI is InChI=1S/C13H21N5O2S/c1-8-11(21-13(14)16-8)12(20)17-9-3-5-18(6-4-9)7-10(19)15-2/h9H,3-7H2,1-2H3,(H2,14,16)(H,15,19)(H,17,20). The molecule has 4 N–H and O–H groups in total. The summed E-state index contributed by atoms with van der Waals surface area (Å²) in [7, 11) is 1.64. The van der Waals surface area contributed by atoms with Crippen LogP contribution >= 0.6 is 11.3 Å². The molecule has 8 heteroatoms. The molecule has 1 aromatic heterocycles. The number of likely N-dealkylation sites (tertiary alicyclic amines) is 1. The summed E-state index contributed by atoms with van der Waals surface area (Å²) >= 11 is 1.21. The number of amides is 2. The van der Waals surface area contributed by atoms with Crippen LogP contribution in [0.3, 0.4) is 0 Å². The molecule has 0 saturated carbocycles. The van der Waals surface area contributed by atoms with Crippen molar-refractivity contribution in [2.45, 2.75) is 25.8 Å². The summed E-state index contributed by atoms with van der Waals surface area (Å²) in [6.07, 6.45) is 1.69. The first-order chi connectivity index (χ1) is 9.99. The first-order valence-electron chi connectivity index (χ1n) is 6.96. The molecule has 2 rings (SSSR count). The van der Waals surface area contributed by atoms with Crippen molar-refractivity contribution in [2.75, 3.05) is 32.4 Å². The molecule has 2 amide bonds. The number of rotatable bonds is 4. The predicted molar refractivity (Wildman–Crippen MR) is 82.3 cm³/mol. The zero-order valence-electron chi connectivity index (χ0n) is 12.3. The van der Waals surface area contributed by atoms with E-state index < -0.39 is 0 Å². The number of hydrogen-bond acceptors (Lipinski definition) is 6. The Morgan fingerprint density at radius 2 is 2.10 bits per heavy atom. The van der Waals surface area contributed by atoms with Gasteiger partial charge in [0.2, 0.25) is 5.91 Å². The molecule has 7 nitrogen and oxygen atoms in total. The molecule has 1 aliphatic heterocycles. The third kappa shape index (κ3) is 4.15. The van der Waals surface area contributed by atoms with E-state index in [-0.39, 0.29) is 17.9 Å². The van der Waals surface area contributed by atoms with Crippen LogP contribution in [0.25, 0.3) is 0 Å². The quantitative estimate of drug-likeness (QED) is 0.725. The van der Waals surface area contributed by atoms with Gasteiger partial charge in [-0.1, -0.05) is 11.3 Å². The average molecular weight is 311 g/mol. The van der Waals surface area contributed by atoms with Gasteiger partial charge in [-0.05, 0) is 19.8 Å². The number of hydrogen-bond donors (Lipinski definition) is 3. The second-order valence-corrected chi connectivity index (χ2v) is 6.19. The molecule has 21 heavy (non-hydrogen) atoms. The smallest absolute Gasteiger partial charge is 0.263 e. The predicted octanol–water partition coefficient (Wildman–Crippen LogP) is -0.0261. The Bertz CT molecular complexity index is 523. The van der Waals surface area contributed by atoms with E-state index in [1.165, 1.54) is 11.3 Å². The first-order valence-corrected chi connectivity index (χ1v) is 7.78. The van der Waals surface area contributed by atoms with Crippen LogP contribution in [0.2, 0.25) is 0 Å². The summed E-state index contributed by atoms with van der Waals surface area (Å²) in [6.45, 7) is 3.82. The third-order valence-corrected chi connectivity index (χ3v) is 4.57. The van der Waals surface area contributed by atoms with Crippen LogP contribution in [0, 0.1) is 6.92 Å². The highest BCUT2D eigenvalue weighted by Crippen LogP contribution is 2.20. The number of nitrogens with one attached hydrogen (secondary N) is 2. The van der Waals surface area contributed by atoms with Crippen molar-refractivity contribution in [1.29, 1.82) is 0 Å². The minimum atomic E-state index is -0.105. The van der Waals surface area contributed by atoms with Crippen LogP contribution < -0.4 is 16.4 Å². The van der Waals surface area contributed by atoms with Gasteiger partial charge in [0.05, 0.1) is 12.2 Å². The minimum Gasteiger partial charge on any atom is -0.375 e. The van der Waals surface area contributed by atoms with Crippen molar-refractivity contribution in [2.24, 2.45) is 0 Å². The third-order valence-electron chi connectivity index (χ3n) is 3.59. The summed E-state index contributed by atoms with van der Waals surface area (Å²) in [6, 6.07) is 0.140. The van der Waals surface area contributed by atoms with Crippen molar-refractivity contribution in [1.82, 2.24) is 20.5 Å². The van der Waals surface area contributed by atoms with E-state index in [4.69, 9.17) is 5.73 Å². The highest BCUT2D eigenvalue weighted by atomic mass is 32.1. The number of carbonyl (C=O) groups is 2. The van der Waals surface area contributed by atoms with Gasteiger partial charge in [0.1, 0.15) is 4.88 Å². The molecule has 0 unspecified atom stereocenters. The Hall–Kier alpha value is -1.67. The monoisotopic (exact) mass is 311 g/mol. The van der Waals surface area contributed by atoms with E-state index in [1.54, 1.807) is 14.0 Å². The first kappa shape index (κ1) is 15.7. The Kier molecular flexibility index (Phi) is 5.13. The lowest BCUT2D eigenvalue weighted by atomic mass is 10.0. The number of thiazole rings is 1. The second-order valence-electron chi connectivity index (χ2n) is 5.16. The largest absolute Gasteiger partial charge is 0.375 e.